The summed E-state index contributed by atoms with van der Waals surface area (Å²) in [7, 11) is 0. The second kappa shape index (κ2) is 6.06. The van der Waals surface area contributed by atoms with E-state index in [1.165, 1.54) is 36.1 Å². The van der Waals surface area contributed by atoms with Crippen LogP contribution in [0.2, 0.25) is 0 Å². The van der Waals surface area contributed by atoms with Crippen LogP contribution in [-0.2, 0) is 0 Å². The number of nitrogens with two attached hydrogens (primary N) is 1. The van der Waals surface area contributed by atoms with Crippen LogP contribution in [0.4, 0.5) is 0 Å². The quantitative estimate of drug-likeness (QED) is 0.898. The Morgan fingerprint density at radius 1 is 1.21 bits per heavy atom. The minimum atomic E-state index is 0.383. The molecule has 2 rings (SSSR count). The number of rotatable bonds is 4. The zero-order valence-electron chi connectivity index (χ0n) is 12.8. The summed E-state index contributed by atoms with van der Waals surface area (Å²) in [6.07, 6.45) is 2.63. The molecule has 2 N–H and O–H groups in total. The molecule has 19 heavy (non-hydrogen) atoms. The molecule has 0 amide bonds. The van der Waals surface area contributed by atoms with Crippen LogP contribution in [-0.4, -0.2) is 24.0 Å². The van der Waals surface area contributed by atoms with Crippen LogP contribution in [0.5, 0.6) is 0 Å². The number of benzene rings is 1. The van der Waals surface area contributed by atoms with E-state index >= 15 is 0 Å². The minimum Gasteiger partial charge on any atom is -0.329 e. The van der Waals surface area contributed by atoms with Gasteiger partial charge in [-0.3, -0.25) is 4.90 Å². The maximum Gasteiger partial charge on any atom is 0.0473 e. The van der Waals surface area contributed by atoms with Crippen LogP contribution in [0.15, 0.2) is 18.2 Å². The molecular weight excluding hydrogens is 232 g/mol. The van der Waals surface area contributed by atoms with E-state index in [1.807, 2.05) is 0 Å². The average molecular weight is 260 g/mol. The molecule has 2 unspecified atom stereocenters. The van der Waals surface area contributed by atoms with Gasteiger partial charge in [-0.15, -0.1) is 0 Å². The predicted molar refractivity (Wildman–Crippen MR) is 82.3 cm³/mol. The molecule has 1 aliphatic heterocycles. The molecule has 0 saturated carbocycles. The van der Waals surface area contributed by atoms with Crippen molar-refractivity contribution in [3.63, 3.8) is 0 Å². The monoisotopic (exact) mass is 260 g/mol. The van der Waals surface area contributed by atoms with Gasteiger partial charge < -0.3 is 5.73 Å². The van der Waals surface area contributed by atoms with Crippen LogP contribution in [0.1, 0.15) is 49.4 Å². The highest BCUT2D eigenvalue weighted by Crippen LogP contribution is 2.33. The Bertz CT molecular complexity index is 405. The Hall–Kier alpha value is -0.860. The summed E-state index contributed by atoms with van der Waals surface area (Å²) in [5.74, 6) is 0.711. The van der Waals surface area contributed by atoms with Gasteiger partial charge in [0.2, 0.25) is 0 Å². The van der Waals surface area contributed by atoms with E-state index in [-0.39, 0.29) is 0 Å². The molecule has 2 nitrogen and oxygen atoms in total. The second-order valence-electron chi connectivity index (χ2n) is 6.36. The van der Waals surface area contributed by atoms with Gasteiger partial charge in [0.25, 0.3) is 0 Å². The number of hydrogen-bond donors (Lipinski definition) is 1. The third-order valence-electron chi connectivity index (χ3n) is 4.36. The van der Waals surface area contributed by atoms with E-state index < -0.39 is 0 Å². The highest BCUT2D eigenvalue weighted by Gasteiger charge is 2.32. The average Bonchev–Trinajstić information content (AvgIpc) is 2.78. The molecule has 0 bridgehead atoms. The molecule has 1 aromatic carbocycles. The van der Waals surface area contributed by atoms with Crippen molar-refractivity contribution >= 4 is 0 Å². The Balaban J connectivity index is 2.28. The fourth-order valence-corrected chi connectivity index (χ4v) is 3.58. The first kappa shape index (κ1) is 14.5. The van der Waals surface area contributed by atoms with E-state index in [2.05, 4.69) is 50.8 Å². The summed E-state index contributed by atoms with van der Waals surface area (Å²) in [6, 6.07) is 7.92. The maximum absolute atomic E-state index is 6.11. The molecule has 1 fully saturated rings. The highest BCUT2D eigenvalue weighted by atomic mass is 15.2. The molecule has 1 saturated heterocycles. The first-order valence-corrected chi connectivity index (χ1v) is 7.57. The lowest BCUT2D eigenvalue weighted by Crippen LogP contribution is -2.40. The van der Waals surface area contributed by atoms with E-state index in [0.29, 0.717) is 24.5 Å². The summed E-state index contributed by atoms with van der Waals surface area (Å²) in [5, 5.41) is 0. The first-order chi connectivity index (χ1) is 9.02. The lowest BCUT2D eigenvalue weighted by Gasteiger charge is -2.35. The van der Waals surface area contributed by atoms with Crippen LogP contribution in [0.25, 0.3) is 0 Å². The lowest BCUT2D eigenvalue weighted by atomic mass is 9.96. The lowest BCUT2D eigenvalue weighted by molar-refractivity contribution is 0.149. The fourth-order valence-electron chi connectivity index (χ4n) is 3.58. The zero-order valence-corrected chi connectivity index (χ0v) is 12.8. The van der Waals surface area contributed by atoms with Crippen molar-refractivity contribution in [3.8, 4) is 0 Å². The molecule has 0 radical (unpaired) electrons. The molecule has 106 valence electrons. The van der Waals surface area contributed by atoms with Gasteiger partial charge in [-0.1, -0.05) is 43.2 Å². The molecule has 0 aromatic heterocycles. The number of hydrogen-bond acceptors (Lipinski definition) is 2. The van der Waals surface area contributed by atoms with Crippen LogP contribution in [0, 0.1) is 19.8 Å². The first-order valence-electron chi connectivity index (χ1n) is 7.57. The standard InChI is InChI=1S/C17H28N2/c1-12(2)16-6-5-7-19(16)17(11-18)15-9-13(3)8-14(4)10-15/h8-10,12,16-17H,5-7,11,18H2,1-4H3. The molecule has 0 spiro atoms. The van der Waals surface area contributed by atoms with Gasteiger partial charge in [0.15, 0.2) is 0 Å². The Morgan fingerprint density at radius 3 is 2.37 bits per heavy atom. The summed E-state index contributed by atoms with van der Waals surface area (Å²) in [4.78, 5) is 2.64. The van der Waals surface area contributed by atoms with Crippen molar-refractivity contribution in [2.24, 2.45) is 11.7 Å². The number of aryl methyl sites for hydroxylation is 2. The summed E-state index contributed by atoms with van der Waals surface area (Å²) < 4.78 is 0. The van der Waals surface area contributed by atoms with Crippen molar-refractivity contribution in [1.29, 1.82) is 0 Å². The van der Waals surface area contributed by atoms with E-state index in [4.69, 9.17) is 5.73 Å². The summed E-state index contributed by atoms with van der Waals surface area (Å²) >= 11 is 0. The molecular formula is C17H28N2. The van der Waals surface area contributed by atoms with E-state index in [9.17, 15) is 0 Å². The molecule has 0 aliphatic carbocycles. The van der Waals surface area contributed by atoms with Crippen LogP contribution >= 0.6 is 0 Å². The fraction of sp³-hybridized carbons (Fsp3) is 0.647. The SMILES string of the molecule is Cc1cc(C)cc(C(CN)N2CCCC2C(C)C)c1. The molecule has 1 aliphatic rings. The Kier molecular flexibility index (Phi) is 4.64. The summed E-state index contributed by atoms with van der Waals surface area (Å²) in [5.41, 5.74) is 10.2. The predicted octanol–water partition coefficient (Wildman–Crippen LogP) is 3.42. The van der Waals surface area contributed by atoms with Gasteiger partial charge in [-0.25, -0.2) is 0 Å². The topological polar surface area (TPSA) is 29.3 Å². The van der Waals surface area contributed by atoms with Crippen molar-refractivity contribution in [3.05, 3.63) is 34.9 Å². The van der Waals surface area contributed by atoms with E-state index in [0.717, 1.165) is 0 Å². The highest BCUT2D eigenvalue weighted by molar-refractivity contribution is 5.31. The van der Waals surface area contributed by atoms with E-state index in [1.54, 1.807) is 0 Å². The third kappa shape index (κ3) is 3.18. The van der Waals surface area contributed by atoms with Crippen molar-refractivity contribution < 1.29 is 0 Å². The zero-order chi connectivity index (χ0) is 14.0. The molecule has 2 heteroatoms. The van der Waals surface area contributed by atoms with Crippen LogP contribution < -0.4 is 5.73 Å². The maximum atomic E-state index is 6.11. The number of likely N-dealkylation sites (tertiary alicyclic amines) is 1. The van der Waals surface area contributed by atoms with Gasteiger partial charge >= 0.3 is 0 Å². The Labute approximate surface area is 118 Å². The van der Waals surface area contributed by atoms with Crippen molar-refractivity contribution in [2.75, 3.05) is 13.1 Å². The third-order valence-corrected chi connectivity index (χ3v) is 4.36. The summed E-state index contributed by atoms with van der Waals surface area (Å²) in [6.45, 7) is 10.9. The largest absolute Gasteiger partial charge is 0.329 e. The smallest absolute Gasteiger partial charge is 0.0473 e. The molecule has 1 aromatic rings. The normalized spacial score (nSPS) is 22.1. The van der Waals surface area contributed by atoms with Gasteiger partial charge in [0.1, 0.15) is 0 Å². The van der Waals surface area contributed by atoms with Gasteiger partial charge in [-0.05, 0) is 44.7 Å². The molecule has 2 atom stereocenters. The van der Waals surface area contributed by atoms with Gasteiger partial charge in [0, 0.05) is 18.6 Å². The minimum absolute atomic E-state index is 0.383. The molecule has 1 heterocycles. The van der Waals surface area contributed by atoms with Crippen molar-refractivity contribution in [1.82, 2.24) is 4.90 Å². The Morgan fingerprint density at radius 2 is 1.84 bits per heavy atom. The van der Waals surface area contributed by atoms with Crippen molar-refractivity contribution in [2.45, 2.75) is 52.6 Å². The second-order valence-corrected chi connectivity index (χ2v) is 6.36. The van der Waals surface area contributed by atoms with Crippen LogP contribution in [0.3, 0.4) is 0 Å². The van der Waals surface area contributed by atoms with Gasteiger partial charge in [-0.2, -0.15) is 0 Å². The van der Waals surface area contributed by atoms with Gasteiger partial charge in [0.05, 0.1) is 0 Å². The number of nitrogens with zero attached hydrogens (tertiary/aromatic N) is 1.